The lowest BCUT2D eigenvalue weighted by Gasteiger charge is -2.31. The zero-order valence-electron chi connectivity index (χ0n) is 15.7. The van der Waals surface area contributed by atoms with Crippen LogP contribution < -0.4 is 4.74 Å². The van der Waals surface area contributed by atoms with Crippen LogP contribution in [0.4, 0.5) is 0 Å². The average Bonchev–Trinajstić information content (AvgIpc) is 3.32. The number of rotatable bonds is 5. The molecule has 27 heavy (non-hydrogen) atoms. The Balaban J connectivity index is 1.80. The maximum atomic E-state index is 11.2. The van der Waals surface area contributed by atoms with E-state index in [4.69, 9.17) is 9.47 Å². The molecule has 1 N–H and O–H groups in total. The molecular weight excluding hydrogens is 346 g/mol. The third kappa shape index (κ3) is 3.06. The van der Waals surface area contributed by atoms with Gasteiger partial charge < -0.3 is 18.9 Å². The summed E-state index contributed by atoms with van der Waals surface area (Å²) >= 11 is 0. The average molecular weight is 369 g/mol. The van der Waals surface area contributed by atoms with Crippen molar-refractivity contribution in [3.05, 3.63) is 30.2 Å². The van der Waals surface area contributed by atoms with Crippen LogP contribution in [0.3, 0.4) is 0 Å². The Bertz CT molecular complexity index is 962. The number of amides is 1. The van der Waals surface area contributed by atoms with Gasteiger partial charge in [0.1, 0.15) is 11.8 Å². The number of fused-ring (bicyclic) bond motifs is 1. The van der Waals surface area contributed by atoms with Crippen LogP contribution in [0.15, 0.2) is 24.5 Å². The standard InChI is InChI=1S/C19H23N5O3/c1-12(2)24-9-13(8-15(24)16-10-23(11-25)6-7-27-16)18-17-14(21-22-18)4-5-20-19(17)26-3/h4-5,8-9,11-12,16H,6-7,10H2,1-3H3,(H,21,22). The molecule has 0 aliphatic carbocycles. The first-order valence-electron chi connectivity index (χ1n) is 9.02. The van der Waals surface area contributed by atoms with Gasteiger partial charge in [-0.25, -0.2) is 4.98 Å². The summed E-state index contributed by atoms with van der Waals surface area (Å²) in [6.45, 7) is 5.95. The van der Waals surface area contributed by atoms with E-state index in [1.165, 1.54) is 0 Å². The van der Waals surface area contributed by atoms with Crippen molar-refractivity contribution in [1.82, 2.24) is 24.6 Å². The second kappa shape index (κ2) is 7.03. The topological polar surface area (TPSA) is 85.3 Å². The molecular formula is C19H23N5O3. The van der Waals surface area contributed by atoms with E-state index in [0.717, 1.165) is 34.3 Å². The summed E-state index contributed by atoms with van der Waals surface area (Å²) in [7, 11) is 1.60. The second-order valence-corrected chi connectivity index (χ2v) is 6.93. The molecule has 0 radical (unpaired) electrons. The summed E-state index contributed by atoms with van der Waals surface area (Å²) in [5, 5.41) is 8.40. The highest BCUT2D eigenvalue weighted by molar-refractivity contribution is 5.96. The third-order valence-electron chi connectivity index (χ3n) is 4.92. The third-order valence-corrected chi connectivity index (χ3v) is 4.92. The van der Waals surface area contributed by atoms with Crippen molar-refractivity contribution in [2.45, 2.75) is 26.0 Å². The minimum atomic E-state index is -0.162. The Morgan fingerprint density at radius 2 is 2.30 bits per heavy atom. The molecule has 3 aromatic rings. The van der Waals surface area contributed by atoms with Crippen LogP contribution in [0.5, 0.6) is 5.88 Å². The van der Waals surface area contributed by atoms with Crippen LogP contribution in [0.25, 0.3) is 22.2 Å². The molecule has 0 aromatic carbocycles. The fourth-order valence-corrected chi connectivity index (χ4v) is 3.58. The largest absolute Gasteiger partial charge is 0.480 e. The molecule has 1 saturated heterocycles. The van der Waals surface area contributed by atoms with Crippen molar-refractivity contribution in [3.63, 3.8) is 0 Å². The van der Waals surface area contributed by atoms with Crippen molar-refractivity contribution in [2.75, 3.05) is 26.8 Å². The van der Waals surface area contributed by atoms with Gasteiger partial charge in [0.2, 0.25) is 12.3 Å². The number of morpholine rings is 1. The molecule has 0 saturated carbocycles. The minimum absolute atomic E-state index is 0.162. The quantitative estimate of drug-likeness (QED) is 0.699. The molecule has 3 aromatic heterocycles. The van der Waals surface area contributed by atoms with Gasteiger partial charge in [0.05, 0.1) is 31.2 Å². The monoisotopic (exact) mass is 369 g/mol. The first kappa shape index (κ1) is 17.5. The maximum Gasteiger partial charge on any atom is 0.224 e. The lowest BCUT2D eigenvalue weighted by Crippen LogP contribution is -2.38. The number of hydrogen-bond acceptors (Lipinski definition) is 5. The van der Waals surface area contributed by atoms with Gasteiger partial charge in [-0.2, -0.15) is 5.10 Å². The molecule has 4 rings (SSSR count). The summed E-state index contributed by atoms with van der Waals surface area (Å²) in [5.74, 6) is 0.538. The number of nitrogens with zero attached hydrogens (tertiary/aromatic N) is 4. The van der Waals surface area contributed by atoms with Gasteiger partial charge in [0.15, 0.2) is 0 Å². The molecule has 0 spiro atoms. The molecule has 0 bridgehead atoms. The summed E-state index contributed by atoms with van der Waals surface area (Å²) in [5.41, 5.74) is 3.66. The smallest absolute Gasteiger partial charge is 0.224 e. The molecule has 1 unspecified atom stereocenters. The SMILES string of the molecule is COc1nccc2[nH]nc(-c3cc(C4CN(C=O)CCO4)n(C(C)C)c3)c12. The van der Waals surface area contributed by atoms with E-state index >= 15 is 0 Å². The van der Waals surface area contributed by atoms with Gasteiger partial charge in [0, 0.05) is 36.2 Å². The first-order valence-corrected chi connectivity index (χ1v) is 9.02. The zero-order valence-corrected chi connectivity index (χ0v) is 15.7. The zero-order chi connectivity index (χ0) is 19.0. The van der Waals surface area contributed by atoms with Crippen molar-refractivity contribution >= 4 is 17.3 Å². The number of ether oxygens (including phenoxy) is 2. The van der Waals surface area contributed by atoms with Gasteiger partial charge in [0.25, 0.3) is 0 Å². The molecule has 1 aliphatic heterocycles. The highest BCUT2D eigenvalue weighted by atomic mass is 16.5. The van der Waals surface area contributed by atoms with E-state index in [1.807, 2.05) is 6.07 Å². The summed E-state index contributed by atoms with van der Waals surface area (Å²) in [4.78, 5) is 17.2. The normalized spacial score (nSPS) is 17.6. The summed E-state index contributed by atoms with van der Waals surface area (Å²) < 4.78 is 13.6. The predicted octanol–water partition coefficient (Wildman–Crippen LogP) is 2.55. The fraction of sp³-hybridized carbons (Fsp3) is 0.421. The van der Waals surface area contributed by atoms with Crippen LogP contribution in [-0.4, -0.2) is 57.9 Å². The van der Waals surface area contributed by atoms with Crippen LogP contribution in [-0.2, 0) is 9.53 Å². The molecule has 142 valence electrons. The van der Waals surface area contributed by atoms with Crippen LogP contribution in [0.2, 0.25) is 0 Å². The molecule has 1 amide bonds. The molecule has 1 aliphatic rings. The van der Waals surface area contributed by atoms with Crippen molar-refractivity contribution in [1.29, 1.82) is 0 Å². The van der Waals surface area contributed by atoms with Crippen LogP contribution in [0.1, 0.15) is 31.7 Å². The second-order valence-electron chi connectivity index (χ2n) is 6.93. The highest BCUT2D eigenvalue weighted by Gasteiger charge is 2.26. The number of carbonyl (C=O) groups is 1. The van der Waals surface area contributed by atoms with E-state index in [0.29, 0.717) is 25.6 Å². The van der Waals surface area contributed by atoms with E-state index in [1.54, 1.807) is 18.2 Å². The number of hydrogen-bond donors (Lipinski definition) is 1. The van der Waals surface area contributed by atoms with E-state index in [9.17, 15) is 4.79 Å². The Kier molecular flexibility index (Phi) is 4.57. The Morgan fingerprint density at radius 3 is 3.04 bits per heavy atom. The number of pyridine rings is 1. The Morgan fingerprint density at radius 1 is 1.44 bits per heavy atom. The van der Waals surface area contributed by atoms with Crippen molar-refractivity contribution in [3.8, 4) is 17.1 Å². The molecule has 1 fully saturated rings. The molecule has 8 nitrogen and oxygen atoms in total. The lowest BCUT2D eigenvalue weighted by molar-refractivity contribution is -0.125. The van der Waals surface area contributed by atoms with Gasteiger partial charge in [-0.05, 0) is 26.0 Å². The molecule has 1 atom stereocenters. The van der Waals surface area contributed by atoms with Crippen LogP contribution in [0, 0.1) is 0 Å². The van der Waals surface area contributed by atoms with Crippen LogP contribution >= 0.6 is 0 Å². The number of methoxy groups -OCH3 is 1. The highest BCUT2D eigenvalue weighted by Crippen LogP contribution is 2.36. The van der Waals surface area contributed by atoms with Gasteiger partial charge in [-0.15, -0.1) is 0 Å². The van der Waals surface area contributed by atoms with Gasteiger partial charge >= 0.3 is 0 Å². The lowest BCUT2D eigenvalue weighted by atomic mass is 10.1. The van der Waals surface area contributed by atoms with E-state index < -0.39 is 0 Å². The molecule has 8 heteroatoms. The number of carbonyl (C=O) groups excluding carboxylic acids is 1. The van der Waals surface area contributed by atoms with E-state index in [-0.39, 0.29) is 12.1 Å². The summed E-state index contributed by atoms with van der Waals surface area (Å²) in [6.07, 6.45) is 4.49. The number of nitrogens with one attached hydrogen (secondary N) is 1. The number of aromatic amines is 1. The minimum Gasteiger partial charge on any atom is -0.480 e. The predicted molar refractivity (Wildman–Crippen MR) is 101 cm³/mol. The van der Waals surface area contributed by atoms with E-state index in [2.05, 4.69) is 45.9 Å². The van der Waals surface area contributed by atoms with Crippen molar-refractivity contribution in [2.24, 2.45) is 0 Å². The Hall–Kier alpha value is -2.87. The van der Waals surface area contributed by atoms with Crippen molar-refractivity contribution < 1.29 is 14.3 Å². The first-order chi connectivity index (χ1) is 13.1. The Labute approximate surface area is 157 Å². The number of aromatic nitrogens is 4. The number of H-pyrrole nitrogens is 1. The fourth-order valence-electron chi connectivity index (χ4n) is 3.58. The molecule has 4 heterocycles. The maximum absolute atomic E-state index is 11.2. The van der Waals surface area contributed by atoms with Gasteiger partial charge in [-0.3, -0.25) is 9.89 Å². The van der Waals surface area contributed by atoms with Gasteiger partial charge in [-0.1, -0.05) is 0 Å². The summed E-state index contributed by atoms with van der Waals surface area (Å²) in [6, 6.07) is 4.20.